The molecule has 0 unspecified atom stereocenters. The monoisotopic (exact) mass is 364 g/mol. The van der Waals surface area contributed by atoms with Crippen LogP contribution in [0.3, 0.4) is 0 Å². The zero-order valence-corrected chi connectivity index (χ0v) is 15.9. The summed E-state index contributed by atoms with van der Waals surface area (Å²) in [5.41, 5.74) is 4.69. The van der Waals surface area contributed by atoms with E-state index >= 15 is 0 Å². The van der Waals surface area contributed by atoms with Crippen LogP contribution in [0.4, 0.5) is 11.4 Å². The molecule has 1 heterocycles. The molecule has 2 amide bonds. The molecule has 1 aliphatic rings. The summed E-state index contributed by atoms with van der Waals surface area (Å²) in [6, 6.07) is 11.4. The van der Waals surface area contributed by atoms with Gasteiger partial charge in [0.05, 0.1) is 12.8 Å². The maximum atomic E-state index is 12.3. The van der Waals surface area contributed by atoms with Gasteiger partial charge in [-0.05, 0) is 49.6 Å². The van der Waals surface area contributed by atoms with Crippen LogP contribution in [0.25, 0.3) is 6.08 Å². The molecule has 5 heteroatoms. The smallest absolute Gasteiger partial charge is 0.248 e. The largest absolute Gasteiger partial charge is 0.494 e. The lowest BCUT2D eigenvalue weighted by Gasteiger charge is -2.19. The Kier molecular flexibility index (Phi) is 5.60. The van der Waals surface area contributed by atoms with Crippen molar-refractivity contribution in [3.8, 4) is 5.75 Å². The number of carbonyl (C=O) groups is 2. The van der Waals surface area contributed by atoms with Gasteiger partial charge >= 0.3 is 0 Å². The lowest BCUT2D eigenvalue weighted by Crippen LogP contribution is -2.24. The predicted molar refractivity (Wildman–Crippen MR) is 108 cm³/mol. The average Bonchev–Trinajstić information content (AvgIpc) is 3.06. The highest BCUT2D eigenvalue weighted by Crippen LogP contribution is 2.33. The van der Waals surface area contributed by atoms with Crippen molar-refractivity contribution < 1.29 is 14.3 Å². The van der Waals surface area contributed by atoms with Crippen molar-refractivity contribution in [1.82, 2.24) is 0 Å². The molecule has 0 aliphatic carbocycles. The quantitative estimate of drug-likeness (QED) is 0.813. The summed E-state index contributed by atoms with van der Waals surface area (Å²) >= 11 is 0. The lowest BCUT2D eigenvalue weighted by atomic mass is 10.1. The van der Waals surface area contributed by atoms with Gasteiger partial charge in [-0.25, -0.2) is 0 Å². The SMILES string of the molecule is COc1cc(NC(=O)/C=C/c2ccc(C)cc2C)ccc1N1CCCC1=O. The van der Waals surface area contributed by atoms with Crippen LogP contribution in [0.5, 0.6) is 5.75 Å². The topological polar surface area (TPSA) is 58.6 Å². The fraction of sp³-hybridized carbons (Fsp3) is 0.273. The van der Waals surface area contributed by atoms with Crippen LogP contribution in [0.15, 0.2) is 42.5 Å². The third-order valence-electron chi connectivity index (χ3n) is 4.65. The molecule has 0 spiro atoms. The normalized spacial score (nSPS) is 14.0. The van der Waals surface area contributed by atoms with Gasteiger partial charge in [0.2, 0.25) is 11.8 Å². The molecular weight excluding hydrogens is 340 g/mol. The zero-order valence-electron chi connectivity index (χ0n) is 15.9. The van der Waals surface area contributed by atoms with Crippen molar-refractivity contribution in [3.63, 3.8) is 0 Å². The molecule has 1 aliphatic heterocycles. The summed E-state index contributed by atoms with van der Waals surface area (Å²) in [5, 5.41) is 2.84. The molecular formula is C22H24N2O3. The second-order valence-electron chi connectivity index (χ2n) is 6.72. The van der Waals surface area contributed by atoms with Gasteiger partial charge in [0.15, 0.2) is 0 Å². The molecule has 0 bridgehead atoms. The molecule has 0 atom stereocenters. The molecule has 0 radical (unpaired) electrons. The highest BCUT2D eigenvalue weighted by Gasteiger charge is 2.24. The summed E-state index contributed by atoms with van der Waals surface area (Å²) in [4.78, 5) is 25.9. The van der Waals surface area contributed by atoms with Crippen molar-refractivity contribution in [2.75, 3.05) is 23.9 Å². The Morgan fingerprint density at radius 1 is 1.19 bits per heavy atom. The first-order valence-corrected chi connectivity index (χ1v) is 9.02. The summed E-state index contributed by atoms with van der Waals surface area (Å²) in [5.74, 6) is 0.449. The molecule has 0 aromatic heterocycles. The zero-order chi connectivity index (χ0) is 19.4. The molecule has 2 aromatic carbocycles. The summed E-state index contributed by atoms with van der Waals surface area (Å²) in [7, 11) is 1.56. The summed E-state index contributed by atoms with van der Waals surface area (Å²) < 4.78 is 5.42. The number of carbonyl (C=O) groups excluding carboxylic acids is 2. The highest BCUT2D eigenvalue weighted by atomic mass is 16.5. The average molecular weight is 364 g/mol. The number of nitrogens with one attached hydrogen (secondary N) is 1. The lowest BCUT2D eigenvalue weighted by molar-refractivity contribution is -0.117. The maximum absolute atomic E-state index is 12.3. The van der Waals surface area contributed by atoms with Crippen molar-refractivity contribution in [2.45, 2.75) is 26.7 Å². The van der Waals surface area contributed by atoms with Crippen LogP contribution < -0.4 is 15.0 Å². The van der Waals surface area contributed by atoms with Crippen molar-refractivity contribution >= 4 is 29.3 Å². The first-order chi connectivity index (χ1) is 13.0. The molecule has 1 N–H and O–H groups in total. The number of methoxy groups -OCH3 is 1. The molecule has 140 valence electrons. The molecule has 0 saturated carbocycles. The number of anilines is 2. The van der Waals surface area contributed by atoms with Gasteiger partial charge in [0, 0.05) is 30.8 Å². The van der Waals surface area contributed by atoms with E-state index in [1.807, 2.05) is 32.0 Å². The maximum Gasteiger partial charge on any atom is 0.248 e. The van der Waals surface area contributed by atoms with Crippen molar-refractivity contribution in [1.29, 1.82) is 0 Å². The Balaban J connectivity index is 1.72. The third-order valence-corrected chi connectivity index (χ3v) is 4.65. The third kappa shape index (κ3) is 4.37. The van der Waals surface area contributed by atoms with E-state index in [2.05, 4.69) is 11.4 Å². The van der Waals surface area contributed by atoms with E-state index in [-0.39, 0.29) is 11.8 Å². The number of aryl methyl sites for hydroxylation is 2. The molecule has 1 saturated heterocycles. The van der Waals surface area contributed by atoms with Gasteiger partial charge in [-0.1, -0.05) is 23.8 Å². The minimum absolute atomic E-state index is 0.0986. The highest BCUT2D eigenvalue weighted by molar-refractivity contribution is 6.03. The van der Waals surface area contributed by atoms with Gasteiger partial charge < -0.3 is 15.0 Å². The van der Waals surface area contributed by atoms with Gasteiger partial charge in [-0.3, -0.25) is 9.59 Å². The standard InChI is InChI=1S/C22H24N2O3/c1-15-6-7-17(16(2)13-15)8-11-21(25)23-18-9-10-19(20(14-18)27-3)24-12-4-5-22(24)26/h6-11,13-14H,4-5,12H2,1-3H3,(H,23,25)/b11-8+. The number of benzene rings is 2. The Morgan fingerprint density at radius 3 is 2.67 bits per heavy atom. The van der Waals surface area contributed by atoms with E-state index in [1.165, 1.54) is 11.6 Å². The Morgan fingerprint density at radius 2 is 2.00 bits per heavy atom. The number of rotatable bonds is 5. The number of nitrogens with zero attached hydrogens (tertiary/aromatic N) is 1. The van der Waals surface area contributed by atoms with Gasteiger partial charge in [0.1, 0.15) is 5.75 Å². The Bertz CT molecular complexity index is 902. The van der Waals surface area contributed by atoms with Crippen molar-refractivity contribution in [3.05, 3.63) is 59.2 Å². The van der Waals surface area contributed by atoms with E-state index in [0.29, 0.717) is 24.4 Å². The van der Waals surface area contributed by atoms with Crippen LogP contribution >= 0.6 is 0 Å². The first-order valence-electron chi connectivity index (χ1n) is 9.02. The van der Waals surface area contributed by atoms with Crippen molar-refractivity contribution in [2.24, 2.45) is 0 Å². The van der Waals surface area contributed by atoms with E-state index < -0.39 is 0 Å². The van der Waals surface area contributed by atoms with Crippen LogP contribution in [0, 0.1) is 13.8 Å². The van der Waals surface area contributed by atoms with Crippen LogP contribution in [0.1, 0.15) is 29.5 Å². The number of hydrogen-bond acceptors (Lipinski definition) is 3. The summed E-state index contributed by atoms with van der Waals surface area (Å²) in [6.07, 6.45) is 4.73. The van der Waals surface area contributed by atoms with Gasteiger partial charge in [0.25, 0.3) is 0 Å². The van der Waals surface area contributed by atoms with Crippen LogP contribution in [-0.4, -0.2) is 25.5 Å². The van der Waals surface area contributed by atoms with Crippen LogP contribution in [-0.2, 0) is 9.59 Å². The van der Waals surface area contributed by atoms with E-state index in [0.717, 1.165) is 23.2 Å². The minimum Gasteiger partial charge on any atom is -0.494 e. The van der Waals surface area contributed by atoms with E-state index in [1.54, 1.807) is 30.2 Å². The molecule has 27 heavy (non-hydrogen) atoms. The second-order valence-corrected chi connectivity index (χ2v) is 6.72. The molecule has 2 aromatic rings. The minimum atomic E-state index is -0.220. The van der Waals surface area contributed by atoms with Gasteiger partial charge in [-0.2, -0.15) is 0 Å². The molecule has 1 fully saturated rings. The summed E-state index contributed by atoms with van der Waals surface area (Å²) in [6.45, 7) is 4.76. The molecule has 5 nitrogen and oxygen atoms in total. The Hall–Kier alpha value is -3.08. The second kappa shape index (κ2) is 8.08. The fourth-order valence-corrected chi connectivity index (χ4v) is 3.24. The van der Waals surface area contributed by atoms with E-state index in [4.69, 9.17) is 4.74 Å². The predicted octanol–water partition coefficient (Wildman–Crippen LogP) is 4.09. The van der Waals surface area contributed by atoms with Gasteiger partial charge in [-0.15, -0.1) is 0 Å². The number of ether oxygens (including phenoxy) is 1. The Labute approximate surface area is 159 Å². The number of hydrogen-bond donors (Lipinski definition) is 1. The number of amides is 2. The first kappa shape index (κ1) is 18.7. The fourth-order valence-electron chi connectivity index (χ4n) is 3.24. The molecule has 3 rings (SSSR count). The van der Waals surface area contributed by atoms with E-state index in [9.17, 15) is 9.59 Å². The van der Waals surface area contributed by atoms with Crippen LogP contribution in [0.2, 0.25) is 0 Å².